The predicted molar refractivity (Wildman–Crippen MR) is 101 cm³/mol. The van der Waals surface area contributed by atoms with Crippen LogP contribution in [0.1, 0.15) is 28.8 Å². The number of carbonyl (C=O) groups excluding carboxylic acids is 1. The number of halogens is 1. The van der Waals surface area contributed by atoms with E-state index in [0.29, 0.717) is 6.54 Å². The van der Waals surface area contributed by atoms with Crippen LogP contribution in [0.5, 0.6) is 0 Å². The Balaban J connectivity index is 1.37. The fourth-order valence-electron chi connectivity index (χ4n) is 3.69. The second kappa shape index (κ2) is 6.83. The number of hydrogen-bond donors (Lipinski definition) is 3. The SMILES string of the molecule is Cc1ccc2[nH]c3c(c2c1)CCC(NC(=O)NCc1ccc(F)cc1)C3. The van der Waals surface area contributed by atoms with Crippen LogP contribution in [-0.4, -0.2) is 17.1 Å². The van der Waals surface area contributed by atoms with E-state index in [-0.39, 0.29) is 17.9 Å². The van der Waals surface area contributed by atoms with Gasteiger partial charge in [-0.3, -0.25) is 0 Å². The molecule has 1 atom stereocenters. The van der Waals surface area contributed by atoms with Crippen molar-refractivity contribution in [3.05, 3.63) is 70.7 Å². The van der Waals surface area contributed by atoms with Gasteiger partial charge in [-0.1, -0.05) is 23.8 Å². The van der Waals surface area contributed by atoms with Gasteiger partial charge < -0.3 is 15.6 Å². The molecule has 1 aromatic heterocycles. The third kappa shape index (κ3) is 3.43. The van der Waals surface area contributed by atoms with Gasteiger partial charge >= 0.3 is 6.03 Å². The van der Waals surface area contributed by atoms with Crippen molar-refractivity contribution < 1.29 is 9.18 Å². The van der Waals surface area contributed by atoms with E-state index in [9.17, 15) is 9.18 Å². The number of rotatable bonds is 3. The lowest BCUT2D eigenvalue weighted by Gasteiger charge is -2.23. The van der Waals surface area contributed by atoms with Crippen molar-refractivity contribution in [2.45, 2.75) is 38.8 Å². The van der Waals surface area contributed by atoms with Gasteiger partial charge in [0.15, 0.2) is 0 Å². The van der Waals surface area contributed by atoms with Crippen LogP contribution in [0.3, 0.4) is 0 Å². The number of carbonyl (C=O) groups is 1. The van der Waals surface area contributed by atoms with Crippen molar-refractivity contribution in [3.8, 4) is 0 Å². The summed E-state index contributed by atoms with van der Waals surface area (Å²) >= 11 is 0. The molecule has 0 fully saturated rings. The van der Waals surface area contributed by atoms with E-state index in [1.807, 2.05) is 0 Å². The third-order valence-electron chi connectivity index (χ3n) is 5.04. The Hall–Kier alpha value is -2.82. The first kappa shape index (κ1) is 16.6. The first-order valence-electron chi connectivity index (χ1n) is 8.97. The Morgan fingerprint density at radius 1 is 1.23 bits per heavy atom. The van der Waals surface area contributed by atoms with Crippen LogP contribution in [0.15, 0.2) is 42.5 Å². The smallest absolute Gasteiger partial charge is 0.315 e. The molecule has 3 N–H and O–H groups in total. The quantitative estimate of drug-likeness (QED) is 0.657. The zero-order valence-corrected chi connectivity index (χ0v) is 14.7. The summed E-state index contributed by atoms with van der Waals surface area (Å²) in [4.78, 5) is 15.7. The summed E-state index contributed by atoms with van der Waals surface area (Å²) in [6.07, 6.45) is 2.70. The summed E-state index contributed by atoms with van der Waals surface area (Å²) in [6.45, 7) is 2.49. The number of H-pyrrole nitrogens is 1. The standard InChI is InChI=1S/C21H22FN3O/c1-13-2-9-19-18(10-13)17-8-7-16(11-20(17)25-19)24-21(26)23-12-14-3-5-15(22)6-4-14/h2-6,9-10,16,25H,7-8,11-12H2,1H3,(H2,23,24,26). The van der Waals surface area contributed by atoms with Crippen LogP contribution in [0, 0.1) is 12.7 Å². The molecule has 1 aliphatic rings. The Morgan fingerprint density at radius 2 is 2.04 bits per heavy atom. The van der Waals surface area contributed by atoms with E-state index >= 15 is 0 Å². The highest BCUT2D eigenvalue weighted by Crippen LogP contribution is 2.29. The molecule has 3 aromatic rings. The number of urea groups is 1. The Kier molecular flexibility index (Phi) is 4.37. The summed E-state index contributed by atoms with van der Waals surface area (Å²) in [5.74, 6) is -0.273. The first-order valence-corrected chi connectivity index (χ1v) is 8.97. The fourth-order valence-corrected chi connectivity index (χ4v) is 3.69. The van der Waals surface area contributed by atoms with Crippen LogP contribution in [-0.2, 0) is 19.4 Å². The van der Waals surface area contributed by atoms with E-state index in [1.165, 1.54) is 39.9 Å². The number of amides is 2. The maximum atomic E-state index is 12.9. The number of benzene rings is 2. The summed E-state index contributed by atoms with van der Waals surface area (Å²) < 4.78 is 12.9. The minimum absolute atomic E-state index is 0.116. The minimum Gasteiger partial charge on any atom is -0.358 e. The second-order valence-electron chi connectivity index (χ2n) is 7.02. The molecule has 134 valence electrons. The number of aromatic amines is 1. The first-order chi connectivity index (χ1) is 12.6. The van der Waals surface area contributed by atoms with Crippen LogP contribution in [0.4, 0.5) is 9.18 Å². The highest BCUT2D eigenvalue weighted by Gasteiger charge is 2.23. The van der Waals surface area contributed by atoms with Crippen molar-refractivity contribution in [2.75, 3.05) is 0 Å². The molecular weight excluding hydrogens is 329 g/mol. The molecule has 4 rings (SSSR count). The van der Waals surface area contributed by atoms with Gasteiger partial charge in [0.2, 0.25) is 0 Å². The summed E-state index contributed by atoms with van der Waals surface area (Å²) in [6, 6.07) is 12.5. The monoisotopic (exact) mass is 351 g/mol. The van der Waals surface area contributed by atoms with Gasteiger partial charge in [0.05, 0.1) is 0 Å². The van der Waals surface area contributed by atoms with Crippen molar-refractivity contribution in [2.24, 2.45) is 0 Å². The fraction of sp³-hybridized carbons (Fsp3) is 0.286. The molecular formula is C21H22FN3O. The van der Waals surface area contributed by atoms with E-state index in [4.69, 9.17) is 0 Å². The van der Waals surface area contributed by atoms with Gasteiger partial charge in [0.1, 0.15) is 5.82 Å². The van der Waals surface area contributed by atoms with Crippen molar-refractivity contribution in [1.29, 1.82) is 0 Å². The third-order valence-corrected chi connectivity index (χ3v) is 5.04. The normalized spacial score (nSPS) is 16.3. The average molecular weight is 351 g/mol. The number of nitrogens with one attached hydrogen (secondary N) is 3. The Morgan fingerprint density at radius 3 is 2.85 bits per heavy atom. The van der Waals surface area contributed by atoms with E-state index in [2.05, 4.69) is 40.7 Å². The zero-order valence-electron chi connectivity index (χ0n) is 14.7. The summed E-state index contributed by atoms with van der Waals surface area (Å²) in [7, 11) is 0. The van der Waals surface area contributed by atoms with E-state index in [0.717, 1.165) is 24.8 Å². The highest BCUT2D eigenvalue weighted by molar-refractivity contribution is 5.85. The van der Waals surface area contributed by atoms with Gasteiger partial charge in [0, 0.05) is 35.6 Å². The number of fused-ring (bicyclic) bond motifs is 3. The topological polar surface area (TPSA) is 56.9 Å². The van der Waals surface area contributed by atoms with Gasteiger partial charge in [-0.15, -0.1) is 0 Å². The molecule has 2 aromatic carbocycles. The minimum atomic E-state index is -0.273. The number of aromatic nitrogens is 1. The molecule has 1 heterocycles. The van der Waals surface area contributed by atoms with Crippen molar-refractivity contribution in [1.82, 2.24) is 15.6 Å². The van der Waals surface area contributed by atoms with Gasteiger partial charge in [-0.25, -0.2) is 9.18 Å². The maximum absolute atomic E-state index is 12.9. The Labute approximate surface area is 151 Å². The predicted octanol–water partition coefficient (Wildman–Crippen LogP) is 3.97. The highest BCUT2D eigenvalue weighted by atomic mass is 19.1. The molecule has 1 aliphatic carbocycles. The van der Waals surface area contributed by atoms with E-state index in [1.54, 1.807) is 12.1 Å². The van der Waals surface area contributed by atoms with Gasteiger partial charge in [0.25, 0.3) is 0 Å². The molecule has 2 amide bonds. The number of hydrogen-bond acceptors (Lipinski definition) is 1. The molecule has 4 nitrogen and oxygen atoms in total. The average Bonchev–Trinajstić information content (AvgIpc) is 2.98. The van der Waals surface area contributed by atoms with Crippen LogP contribution < -0.4 is 10.6 Å². The molecule has 0 spiro atoms. The molecule has 0 radical (unpaired) electrons. The van der Waals surface area contributed by atoms with Crippen molar-refractivity contribution >= 4 is 16.9 Å². The van der Waals surface area contributed by atoms with Crippen LogP contribution >= 0.6 is 0 Å². The summed E-state index contributed by atoms with van der Waals surface area (Å²) in [5.41, 5.74) is 5.91. The lowest BCUT2D eigenvalue weighted by molar-refractivity contribution is 0.235. The Bertz CT molecular complexity index is 946. The largest absolute Gasteiger partial charge is 0.358 e. The second-order valence-corrected chi connectivity index (χ2v) is 7.02. The van der Waals surface area contributed by atoms with E-state index < -0.39 is 0 Å². The van der Waals surface area contributed by atoms with Gasteiger partial charge in [-0.05, 0) is 55.2 Å². The zero-order chi connectivity index (χ0) is 18.1. The molecule has 5 heteroatoms. The van der Waals surface area contributed by atoms with Crippen LogP contribution in [0.2, 0.25) is 0 Å². The van der Waals surface area contributed by atoms with Gasteiger partial charge in [-0.2, -0.15) is 0 Å². The number of aryl methyl sites for hydroxylation is 2. The summed E-state index contributed by atoms with van der Waals surface area (Å²) in [5, 5.41) is 7.20. The molecule has 0 saturated carbocycles. The maximum Gasteiger partial charge on any atom is 0.315 e. The lowest BCUT2D eigenvalue weighted by atomic mass is 9.91. The lowest BCUT2D eigenvalue weighted by Crippen LogP contribution is -2.44. The molecule has 0 bridgehead atoms. The molecule has 26 heavy (non-hydrogen) atoms. The molecule has 0 aliphatic heterocycles. The van der Waals surface area contributed by atoms with Crippen molar-refractivity contribution in [3.63, 3.8) is 0 Å². The molecule has 0 saturated heterocycles. The van der Waals surface area contributed by atoms with Crippen LogP contribution in [0.25, 0.3) is 10.9 Å². The molecule has 1 unspecified atom stereocenters.